The van der Waals surface area contributed by atoms with Gasteiger partial charge in [-0.3, -0.25) is 0 Å². The molecule has 2 aromatic rings. The lowest BCUT2D eigenvalue weighted by atomic mass is 9.95. The van der Waals surface area contributed by atoms with E-state index in [4.69, 9.17) is 5.26 Å². The van der Waals surface area contributed by atoms with Gasteiger partial charge in [0.2, 0.25) is 0 Å². The van der Waals surface area contributed by atoms with Gasteiger partial charge in [-0.15, -0.1) is 0 Å². The summed E-state index contributed by atoms with van der Waals surface area (Å²) in [4.78, 5) is 0. The molecule has 0 aromatic heterocycles. The summed E-state index contributed by atoms with van der Waals surface area (Å²) in [6.07, 6.45) is 0. The maximum absolute atomic E-state index is 10.4. The second kappa shape index (κ2) is 5.40. The fourth-order valence-electron chi connectivity index (χ4n) is 1.68. The zero-order valence-corrected chi connectivity index (χ0v) is 10.6. The van der Waals surface area contributed by atoms with E-state index in [1.807, 2.05) is 30.3 Å². The first-order valence-electron chi connectivity index (χ1n) is 5.93. The lowest BCUT2D eigenvalue weighted by Crippen LogP contribution is -2.18. The molecule has 0 saturated heterocycles. The maximum Gasteiger partial charge on any atom is 0.148 e. The Morgan fingerprint density at radius 1 is 1.00 bits per heavy atom. The van der Waals surface area contributed by atoms with E-state index in [1.54, 1.807) is 31.2 Å². The maximum atomic E-state index is 10.4. The Hall–Kier alpha value is -2.55. The highest BCUT2D eigenvalue weighted by Crippen LogP contribution is 2.20. The first-order valence-corrected chi connectivity index (χ1v) is 5.93. The first-order chi connectivity index (χ1) is 9.12. The van der Waals surface area contributed by atoms with E-state index in [2.05, 4.69) is 17.9 Å². The van der Waals surface area contributed by atoms with Crippen LogP contribution in [-0.4, -0.2) is 5.11 Å². The van der Waals surface area contributed by atoms with E-state index in [0.717, 1.165) is 5.56 Å². The third-order valence-electron chi connectivity index (χ3n) is 2.78. The topological polar surface area (TPSA) is 44.0 Å². The van der Waals surface area contributed by atoms with Gasteiger partial charge in [0, 0.05) is 5.56 Å². The van der Waals surface area contributed by atoms with Gasteiger partial charge in [-0.25, -0.2) is 0 Å². The van der Waals surface area contributed by atoms with Crippen LogP contribution < -0.4 is 0 Å². The molecule has 0 heterocycles. The summed E-state index contributed by atoms with van der Waals surface area (Å²) >= 11 is 0. The van der Waals surface area contributed by atoms with Gasteiger partial charge in [0.15, 0.2) is 0 Å². The second-order valence-corrected chi connectivity index (χ2v) is 4.38. The lowest BCUT2D eigenvalue weighted by molar-refractivity contribution is 0.122. The molecule has 0 aliphatic heterocycles. The zero-order valence-electron chi connectivity index (χ0n) is 10.6. The molecule has 2 rings (SSSR count). The molecule has 19 heavy (non-hydrogen) atoms. The normalized spacial score (nSPS) is 12.7. The van der Waals surface area contributed by atoms with E-state index in [1.165, 1.54) is 0 Å². The van der Waals surface area contributed by atoms with Crippen molar-refractivity contribution in [3.63, 3.8) is 0 Å². The highest BCUT2D eigenvalue weighted by Gasteiger charge is 2.20. The van der Waals surface area contributed by atoms with Crippen molar-refractivity contribution in [1.82, 2.24) is 0 Å². The van der Waals surface area contributed by atoms with Gasteiger partial charge in [-0.05, 0) is 36.8 Å². The van der Waals surface area contributed by atoms with E-state index in [9.17, 15) is 5.11 Å². The van der Waals surface area contributed by atoms with Crippen molar-refractivity contribution in [2.24, 2.45) is 0 Å². The molecule has 0 aliphatic rings. The molecule has 0 amide bonds. The first kappa shape index (κ1) is 12.9. The van der Waals surface area contributed by atoms with Crippen molar-refractivity contribution < 1.29 is 5.11 Å². The lowest BCUT2D eigenvalue weighted by Gasteiger charge is -2.16. The fraction of sp³-hybridized carbons (Fsp3) is 0.118. The molecule has 0 aliphatic carbocycles. The number of nitriles is 1. The second-order valence-electron chi connectivity index (χ2n) is 4.38. The molecule has 0 spiro atoms. The minimum atomic E-state index is -1.28. The van der Waals surface area contributed by atoms with Gasteiger partial charge in [0.25, 0.3) is 0 Å². The molecule has 92 valence electrons. The Balaban J connectivity index is 2.33. The van der Waals surface area contributed by atoms with Gasteiger partial charge in [-0.1, -0.05) is 42.2 Å². The molecular weight excluding hydrogens is 234 g/mol. The van der Waals surface area contributed by atoms with E-state index < -0.39 is 5.60 Å². The van der Waals surface area contributed by atoms with Crippen molar-refractivity contribution in [1.29, 1.82) is 5.26 Å². The third kappa shape index (κ3) is 3.22. The summed E-state index contributed by atoms with van der Waals surface area (Å²) in [5.74, 6) is 5.78. The van der Waals surface area contributed by atoms with Crippen LogP contribution >= 0.6 is 0 Å². The smallest absolute Gasteiger partial charge is 0.148 e. The molecule has 1 atom stereocenters. The molecule has 0 radical (unpaired) electrons. The van der Waals surface area contributed by atoms with Crippen LogP contribution in [0.4, 0.5) is 0 Å². The Morgan fingerprint density at radius 2 is 1.68 bits per heavy atom. The Morgan fingerprint density at radius 3 is 2.37 bits per heavy atom. The number of hydrogen-bond acceptors (Lipinski definition) is 2. The number of nitrogens with zero attached hydrogens (tertiary/aromatic N) is 1. The quantitative estimate of drug-likeness (QED) is 0.787. The minimum Gasteiger partial charge on any atom is -0.374 e. The van der Waals surface area contributed by atoms with E-state index in [0.29, 0.717) is 11.1 Å². The Bertz CT molecular complexity index is 670. The highest BCUT2D eigenvalue weighted by atomic mass is 16.3. The fourth-order valence-corrected chi connectivity index (χ4v) is 1.68. The molecule has 2 aromatic carbocycles. The summed E-state index contributed by atoms with van der Waals surface area (Å²) in [5, 5.41) is 19.3. The van der Waals surface area contributed by atoms with Crippen molar-refractivity contribution in [2.45, 2.75) is 12.5 Å². The monoisotopic (exact) mass is 247 g/mol. The van der Waals surface area contributed by atoms with Crippen LogP contribution in [0.2, 0.25) is 0 Å². The van der Waals surface area contributed by atoms with Crippen molar-refractivity contribution in [3.05, 3.63) is 71.3 Å². The third-order valence-corrected chi connectivity index (χ3v) is 2.78. The van der Waals surface area contributed by atoms with Crippen molar-refractivity contribution in [2.75, 3.05) is 0 Å². The molecule has 0 bridgehead atoms. The molecule has 2 heteroatoms. The van der Waals surface area contributed by atoms with Crippen molar-refractivity contribution >= 4 is 0 Å². The summed E-state index contributed by atoms with van der Waals surface area (Å²) in [7, 11) is 0. The Labute approximate surface area is 112 Å². The summed E-state index contributed by atoms with van der Waals surface area (Å²) in [5.41, 5.74) is 0.705. The van der Waals surface area contributed by atoms with Crippen molar-refractivity contribution in [3.8, 4) is 17.9 Å². The summed E-state index contributed by atoms with van der Waals surface area (Å²) in [6, 6.07) is 18.4. The average molecular weight is 247 g/mol. The van der Waals surface area contributed by atoms with Gasteiger partial charge < -0.3 is 5.11 Å². The number of benzene rings is 2. The predicted molar refractivity (Wildman–Crippen MR) is 74.0 cm³/mol. The van der Waals surface area contributed by atoms with Gasteiger partial charge in [0.1, 0.15) is 5.60 Å². The molecule has 0 saturated carbocycles. The van der Waals surface area contributed by atoms with Gasteiger partial charge in [0.05, 0.1) is 11.6 Å². The average Bonchev–Trinajstić information content (AvgIpc) is 2.46. The molecular formula is C17H13NO. The number of rotatable bonds is 1. The summed E-state index contributed by atoms with van der Waals surface area (Å²) in [6.45, 7) is 1.62. The van der Waals surface area contributed by atoms with Crippen LogP contribution in [0.25, 0.3) is 0 Å². The highest BCUT2D eigenvalue weighted by molar-refractivity contribution is 5.42. The molecule has 0 fully saturated rings. The molecule has 1 N–H and O–H groups in total. The van der Waals surface area contributed by atoms with Gasteiger partial charge in [-0.2, -0.15) is 5.26 Å². The Kier molecular flexibility index (Phi) is 3.66. The number of aliphatic hydroxyl groups is 1. The van der Waals surface area contributed by atoms with Gasteiger partial charge >= 0.3 is 0 Å². The number of hydrogen-bond donors (Lipinski definition) is 1. The molecule has 2 nitrogen and oxygen atoms in total. The largest absolute Gasteiger partial charge is 0.374 e. The van der Waals surface area contributed by atoms with Crippen LogP contribution in [0, 0.1) is 23.2 Å². The predicted octanol–water partition coefficient (Wildman–Crippen LogP) is 2.82. The molecule has 1 unspecified atom stereocenters. The minimum absolute atomic E-state index is 0.513. The van der Waals surface area contributed by atoms with Crippen LogP contribution in [0.15, 0.2) is 54.6 Å². The summed E-state index contributed by atoms with van der Waals surface area (Å²) < 4.78 is 0. The van der Waals surface area contributed by atoms with Crippen LogP contribution in [-0.2, 0) is 5.60 Å². The SMILES string of the molecule is CC(O)(C#Cc1ccccc1)c1cccc(C#N)c1. The van der Waals surface area contributed by atoms with Crippen LogP contribution in [0.5, 0.6) is 0 Å². The van der Waals surface area contributed by atoms with E-state index >= 15 is 0 Å². The standard InChI is InChI=1S/C17H13NO/c1-17(19,11-10-14-6-3-2-4-7-14)16-9-5-8-15(12-16)13-18/h2-9,12,19H,1H3. The van der Waals surface area contributed by atoms with Crippen LogP contribution in [0.3, 0.4) is 0 Å². The van der Waals surface area contributed by atoms with Crippen LogP contribution in [0.1, 0.15) is 23.6 Å². The zero-order chi connectivity index (χ0) is 13.7. The van der Waals surface area contributed by atoms with E-state index in [-0.39, 0.29) is 0 Å².